The van der Waals surface area contributed by atoms with Crippen molar-refractivity contribution in [2.24, 2.45) is 0 Å². The van der Waals surface area contributed by atoms with Crippen molar-refractivity contribution < 1.29 is 4.79 Å². The maximum Gasteiger partial charge on any atom is 0.253 e. The summed E-state index contributed by atoms with van der Waals surface area (Å²) in [4.78, 5) is 16.8. The molecule has 4 nitrogen and oxygen atoms in total. The van der Waals surface area contributed by atoms with E-state index in [1.54, 1.807) is 0 Å². The number of rotatable bonds is 3. The lowest BCUT2D eigenvalue weighted by Crippen LogP contribution is -2.44. The summed E-state index contributed by atoms with van der Waals surface area (Å²) in [7, 11) is 5.96. The van der Waals surface area contributed by atoms with E-state index in [1.165, 1.54) is 0 Å². The normalized spacial score (nSPS) is 17.0. The molecule has 0 aliphatic carbocycles. The van der Waals surface area contributed by atoms with E-state index in [9.17, 15) is 4.79 Å². The molecule has 0 atom stereocenters. The second-order valence-corrected chi connectivity index (χ2v) is 5.73. The Morgan fingerprint density at radius 1 is 1.35 bits per heavy atom. The molecule has 1 aromatic carbocycles. The Balaban J connectivity index is 2.08. The second-order valence-electron chi connectivity index (χ2n) is 5.73. The van der Waals surface area contributed by atoms with Crippen molar-refractivity contribution in [2.75, 3.05) is 39.5 Å². The van der Waals surface area contributed by atoms with Crippen LogP contribution < -0.4 is 5.32 Å². The van der Waals surface area contributed by atoms with Crippen molar-refractivity contribution in [3.63, 3.8) is 0 Å². The van der Waals surface area contributed by atoms with E-state index in [0.717, 1.165) is 42.7 Å². The number of aryl methyl sites for hydroxylation is 1. The van der Waals surface area contributed by atoms with E-state index in [1.807, 2.05) is 44.1 Å². The van der Waals surface area contributed by atoms with Gasteiger partial charge in [0.2, 0.25) is 0 Å². The molecule has 1 aliphatic rings. The number of amides is 1. The second kappa shape index (κ2) is 6.27. The van der Waals surface area contributed by atoms with Crippen LogP contribution in [0.4, 0.5) is 5.69 Å². The molecule has 1 N–H and O–H groups in total. The fourth-order valence-electron chi connectivity index (χ4n) is 2.83. The van der Waals surface area contributed by atoms with Crippen LogP contribution in [0.5, 0.6) is 0 Å². The van der Waals surface area contributed by atoms with E-state index >= 15 is 0 Å². The van der Waals surface area contributed by atoms with Gasteiger partial charge in [-0.05, 0) is 63.7 Å². The van der Waals surface area contributed by atoms with Gasteiger partial charge in [-0.25, -0.2) is 0 Å². The third kappa shape index (κ3) is 3.12. The van der Waals surface area contributed by atoms with Gasteiger partial charge in [-0.3, -0.25) is 4.79 Å². The molecule has 1 amide bonds. The number of piperidine rings is 1. The molecule has 0 radical (unpaired) electrons. The molecule has 110 valence electrons. The third-order valence-corrected chi connectivity index (χ3v) is 4.30. The standard InChI is InChI=1S/C16H25N3O/c1-12-11-13(5-6-15(12)17-2)16(20)19(4)14-7-9-18(3)10-8-14/h5-6,11,14,17H,7-10H2,1-4H3. The lowest BCUT2D eigenvalue weighted by molar-refractivity contribution is 0.0659. The van der Waals surface area contributed by atoms with E-state index in [0.29, 0.717) is 6.04 Å². The third-order valence-electron chi connectivity index (χ3n) is 4.30. The number of anilines is 1. The summed E-state index contributed by atoms with van der Waals surface area (Å²) >= 11 is 0. The van der Waals surface area contributed by atoms with Crippen LogP contribution in [0.3, 0.4) is 0 Å². The van der Waals surface area contributed by atoms with Crippen molar-refractivity contribution in [1.82, 2.24) is 9.80 Å². The van der Waals surface area contributed by atoms with E-state index in [-0.39, 0.29) is 5.91 Å². The Labute approximate surface area is 121 Å². The Kier molecular flexibility index (Phi) is 4.65. The molecule has 0 unspecified atom stereocenters. The first-order chi connectivity index (χ1) is 9.52. The molecule has 20 heavy (non-hydrogen) atoms. The summed E-state index contributed by atoms with van der Waals surface area (Å²) in [5, 5.41) is 3.13. The highest BCUT2D eigenvalue weighted by atomic mass is 16.2. The fourth-order valence-corrected chi connectivity index (χ4v) is 2.83. The van der Waals surface area contributed by atoms with Gasteiger partial charge in [0.05, 0.1) is 0 Å². The van der Waals surface area contributed by atoms with Gasteiger partial charge >= 0.3 is 0 Å². The summed E-state index contributed by atoms with van der Waals surface area (Å²) in [5.41, 5.74) is 2.96. The highest BCUT2D eigenvalue weighted by Crippen LogP contribution is 2.20. The van der Waals surface area contributed by atoms with Crippen LogP contribution in [-0.2, 0) is 0 Å². The number of hydrogen-bond donors (Lipinski definition) is 1. The molecule has 0 saturated carbocycles. The molecule has 1 fully saturated rings. The van der Waals surface area contributed by atoms with E-state index < -0.39 is 0 Å². The Morgan fingerprint density at radius 3 is 2.55 bits per heavy atom. The number of nitrogens with zero attached hydrogens (tertiary/aromatic N) is 2. The Bertz CT molecular complexity index is 479. The van der Waals surface area contributed by atoms with Crippen molar-refractivity contribution in [2.45, 2.75) is 25.8 Å². The molecule has 0 bridgehead atoms. The first-order valence-electron chi connectivity index (χ1n) is 7.27. The number of carbonyl (C=O) groups is 1. The predicted octanol–water partition coefficient (Wildman–Crippen LogP) is 2.20. The van der Waals surface area contributed by atoms with Gasteiger partial charge in [0.1, 0.15) is 0 Å². The summed E-state index contributed by atoms with van der Waals surface area (Å²) in [6.45, 7) is 4.16. The van der Waals surface area contributed by atoms with Crippen molar-refractivity contribution in [3.05, 3.63) is 29.3 Å². The number of carbonyl (C=O) groups excluding carboxylic acids is 1. The highest BCUT2D eigenvalue weighted by molar-refractivity contribution is 5.95. The minimum atomic E-state index is 0.130. The maximum atomic E-state index is 12.6. The summed E-state index contributed by atoms with van der Waals surface area (Å²) in [6, 6.07) is 6.22. The molecule has 0 spiro atoms. The molecule has 1 heterocycles. The zero-order chi connectivity index (χ0) is 14.7. The van der Waals surface area contributed by atoms with Crippen molar-refractivity contribution in [1.29, 1.82) is 0 Å². The smallest absolute Gasteiger partial charge is 0.253 e. The molecule has 1 saturated heterocycles. The van der Waals surface area contributed by atoms with Crippen LogP contribution in [0.25, 0.3) is 0 Å². The number of hydrogen-bond acceptors (Lipinski definition) is 3. The monoisotopic (exact) mass is 275 g/mol. The van der Waals surface area contributed by atoms with Crippen LogP contribution >= 0.6 is 0 Å². The van der Waals surface area contributed by atoms with E-state index in [2.05, 4.69) is 17.3 Å². The molecular weight excluding hydrogens is 250 g/mol. The van der Waals surface area contributed by atoms with Crippen LogP contribution in [0, 0.1) is 6.92 Å². The number of nitrogens with one attached hydrogen (secondary N) is 1. The van der Waals surface area contributed by atoms with Gasteiger partial charge < -0.3 is 15.1 Å². The fraction of sp³-hybridized carbons (Fsp3) is 0.562. The Morgan fingerprint density at radius 2 is 2.00 bits per heavy atom. The van der Waals surface area contributed by atoms with Crippen LogP contribution in [0.1, 0.15) is 28.8 Å². The van der Waals surface area contributed by atoms with Crippen LogP contribution in [0.15, 0.2) is 18.2 Å². The van der Waals surface area contributed by atoms with Crippen molar-refractivity contribution >= 4 is 11.6 Å². The topological polar surface area (TPSA) is 35.6 Å². The average molecular weight is 275 g/mol. The predicted molar refractivity (Wildman–Crippen MR) is 83.3 cm³/mol. The minimum absolute atomic E-state index is 0.130. The number of likely N-dealkylation sites (tertiary alicyclic amines) is 1. The largest absolute Gasteiger partial charge is 0.388 e. The van der Waals surface area contributed by atoms with Gasteiger partial charge in [0.15, 0.2) is 0 Å². The lowest BCUT2D eigenvalue weighted by Gasteiger charge is -2.35. The number of benzene rings is 1. The van der Waals surface area contributed by atoms with E-state index in [4.69, 9.17) is 0 Å². The zero-order valence-electron chi connectivity index (χ0n) is 12.9. The molecule has 1 aromatic rings. The molecule has 1 aliphatic heterocycles. The van der Waals surface area contributed by atoms with Crippen LogP contribution in [-0.4, -0.2) is 56.0 Å². The van der Waals surface area contributed by atoms with Crippen LogP contribution in [0.2, 0.25) is 0 Å². The average Bonchev–Trinajstić information content (AvgIpc) is 2.46. The summed E-state index contributed by atoms with van der Waals surface area (Å²) in [6.07, 6.45) is 2.12. The van der Waals surface area contributed by atoms with Gasteiger partial charge in [0, 0.05) is 31.4 Å². The first kappa shape index (κ1) is 14.9. The van der Waals surface area contributed by atoms with Crippen molar-refractivity contribution in [3.8, 4) is 0 Å². The zero-order valence-corrected chi connectivity index (χ0v) is 12.9. The van der Waals surface area contributed by atoms with Gasteiger partial charge in [-0.2, -0.15) is 0 Å². The SMILES string of the molecule is CNc1ccc(C(=O)N(C)C2CCN(C)CC2)cc1C. The molecule has 2 rings (SSSR count). The molecular formula is C16H25N3O. The quantitative estimate of drug-likeness (QED) is 0.918. The lowest BCUT2D eigenvalue weighted by atomic mass is 10.0. The molecule has 4 heteroatoms. The van der Waals surface area contributed by atoms with Gasteiger partial charge in [0.25, 0.3) is 5.91 Å². The Hall–Kier alpha value is -1.55. The molecule has 0 aromatic heterocycles. The summed E-state index contributed by atoms with van der Waals surface area (Å²) < 4.78 is 0. The van der Waals surface area contributed by atoms with Gasteiger partial charge in [-0.1, -0.05) is 0 Å². The summed E-state index contributed by atoms with van der Waals surface area (Å²) in [5.74, 6) is 0.130. The highest BCUT2D eigenvalue weighted by Gasteiger charge is 2.24. The first-order valence-corrected chi connectivity index (χ1v) is 7.27. The van der Waals surface area contributed by atoms with Gasteiger partial charge in [-0.15, -0.1) is 0 Å². The maximum absolute atomic E-state index is 12.6. The minimum Gasteiger partial charge on any atom is -0.388 e.